The Balaban J connectivity index is 1.20. The van der Waals surface area contributed by atoms with Gasteiger partial charge in [-0.15, -0.1) is 0 Å². The maximum Gasteiger partial charge on any atom is 0.0467 e. The lowest BCUT2D eigenvalue weighted by Gasteiger charge is -2.35. The van der Waals surface area contributed by atoms with Crippen LogP contribution in [0.4, 0.5) is 11.4 Å². The predicted octanol–water partition coefficient (Wildman–Crippen LogP) is 12.1. The third-order valence-electron chi connectivity index (χ3n) is 11.3. The highest BCUT2D eigenvalue weighted by atomic mass is 15.1. The Morgan fingerprint density at radius 1 is 0.532 bits per heavy atom. The number of fused-ring (bicyclic) bond motifs is 7. The number of allylic oxidation sites excluding steroid dienone is 3. The summed E-state index contributed by atoms with van der Waals surface area (Å²) in [5, 5.41) is 2.60. The zero-order valence-electron chi connectivity index (χ0n) is 27.5. The van der Waals surface area contributed by atoms with E-state index in [-0.39, 0.29) is 10.8 Å². The molecule has 3 aliphatic carbocycles. The van der Waals surface area contributed by atoms with Gasteiger partial charge in [0.25, 0.3) is 0 Å². The normalized spacial score (nSPS) is 19.4. The molecule has 1 nitrogen and oxygen atoms in total. The Bertz CT molecular complexity index is 2250. The standard InChI is InChI=1S/C46H39N/c1-45(2)41-17-11-10-16-37(41)38-24-22-36(29-44(38)45)47(34-20-18-31(19-21-34)30-12-6-5-7-13-30)35-23-25-42-40(28-35)39-26-32-14-8-9-15-33(32)27-43(39)46(42,3)4/h5-29,38,44H,1-4H3. The van der Waals surface area contributed by atoms with Crippen LogP contribution >= 0.6 is 0 Å². The molecule has 0 saturated carbocycles. The molecule has 3 aliphatic rings. The first-order valence-corrected chi connectivity index (χ1v) is 16.9. The van der Waals surface area contributed by atoms with Crippen molar-refractivity contribution >= 4 is 22.1 Å². The van der Waals surface area contributed by atoms with E-state index in [1.807, 2.05) is 0 Å². The van der Waals surface area contributed by atoms with Crippen LogP contribution in [0.3, 0.4) is 0 Å². The minimum Gasteiger partial charge on any atom is -0.311 e. The topological polar surface area (TPSA) is 3.24 Å². The summed E-state index contributed by atoms with van der Waals surface area (Å²) in [6.45, 7) is 9.58. The number of hydrogen-bond acceptors (Lipinski definition) is 1. The van der Waals surface area contributed by atoms with E-state index >= 15 is 0 Å². The molecule has 6 aromatic carbocycles. The van der Waals surface area contributed by atoms with Crippen molar-refractivity contribution in [1.82, 2.24) is 0 Å². The van der Waals surface area contributed by atoms with Crippen molar-refractivity contribution in [2.24, 2.45) is 5.92 Å². The highest BCUT2D eigenvalue weighted by Gasteiger charge is 2.45. The molecule has 1 heteroatoms. The van der Waals surface area contributed by atoms with Gasteiger partial charge in [-0.25, -0.2) is 0 Å². The second kappa shape index (κ2) is 10.2. The minimum absolute atomic E-state index is 0.0437. The first-order chi connectivity index (χ1) is 22.8. The van der Waals surface area contributed by atoms with Crippen LogP contribution in [0.2, 0.25) is 0 Å². The predicted molar refractivity (Wildman–Crippen MR) is 198 cm³/mol. The van der Waals surface area contributed by atoms with E-state index in [1.54, 1.807) is 0 Å². The van der Waals surface area contributed by atoms with Crippen LogP contribution in [0.1, 0.15) is 55.9 Å². The van der Waals surface area contributed by atoms with Crippen LogP contribution < -0.4 is 4.90 Å². The van der Waals surface area contributed by atoms with Gasteiger partial charge in [0.2, 0.25) is 0 Å². The number of anilines is 2. The molecule has 0 radical (unpaired) electrons. The van der Waals surface area contributed by atoms with Crippen molar-refractivity contribution in [2.45, 2.75) is 44.4 Å². The Morgan fingerprint density at radius 3 is 1.96 bits per heavy atom. The Hall–Kier alpha value is -5.14. The molecule has 0 bridgehead atoms. The van der Waals surface area contributed by atoms with Crippen LogP contribution in [0, 0.1) is 5.92 Å². The van der Waals surface area contributed by atoms with E-state index in [1.165, 1.54) is 72.4 Å². The zero-order chi connectivity index (χ0) is 31.9. The average molecular weight is 606 g/mol. The largest absolute Gasteiger partial charge is 0.311 e. The summed E-state index contributed by atoms with van der Waals surface area (Å²) < 4.78 is 0. The van der Waals surface area contributed by atoms with Crippen molar-refractivity contribution in [3.8, 4) is 22.3 Å². The molecule has 0 saturated heterocycles. The molecule has 228 valence electrons. The highest BCUT2D eigenvalue weighted by Crippen LogP contribution is 2.55. The number of hydrogen-bond donors (Lipinski definition) is 0. The van der Waals surface area contributed by atoms with Gasteiger partial charge < -0.3 is 4.90 Å². The van der Waals surface area contributed by atoms with Gasteiger partial charge in [-0.1, -0.05) is 137 Å². The third kappa shape index (κ3) is 4.22. The van der Waals surface area contributed by atoms with E-state index in [9.17, 15) is 0 Å². The lowest BCUT2D eigenvalue weighted by atomic mass is 9.74. The van der Waals surface area contributed by atoms with Gasteiger partial charge in [0, 0.05) is 28.4 Å². The van der Waals surface area contributed by atoms with E-state index < -0.39 is 0 Å². The molecule has 9 rings (SSSR count). The smallest absolute Gasteiger partial charge is 0.0467 e. The van der Waals surface area contributed by atoms with Gasteiger partial charge in [0.15, 0.2) is 0 Å². The SMILES string of the molecule is CC1(C)c2ccc(N(C3=CC4C(C=C3)c3ccccc3C4(C)C)c3ccc(-c4ccccc4)cc3)cc2-c2cc3ccccc3cc21. The first kappa shape index (κ1) is 28.1. The van der Waals surface area contributed by atoms with E-state index in [2.05, 4.69) is 184 Å². The van der Waals surface area contributed by atoms with Crippen LogP contribution in [0.25, 0.3) is 33.0 Å². The number of rotatable bonds is 4. The quantitative estimate of drug-likeness (QED) is 0.193. The monoisotopic (exact) mass is 605 g/mol. The van der Waals surface area contributed by atoms with Gasteiger partial charge in [-0.3, -0.25) is 0 Å². The lowest BCUT2D eigenvalue weighted by Crippen LogP contribution is -2.28. The third-order valence-corrected chi connectivity index (χ3v) is 11.3. The van der Waals surface area contributed by atoms with Crippen LogP contribution in [-0.4, -0.2) is 0 Å². The van der Waals surface area contributed by atoms with Gasteiger partial charge >= 0.3 is 0 Å². The molecule has 0 N–H and O–H groups in total. The van der Waals surface area contributed by atoms with Crippen molar-refractivity contribution in [3.05, 3.63) is 180 Å². The fourth-order valence-corrected chi connectivity index (χ4v) is 8.77. The highest BCUT2D eigenvalue weighted by molar-refractivity contribution is 5.94. The molecule has 0 aliphatic heterocycles. The molecule has 2 atom stereocenters. The molecule has 0 spiro atoms. The summed E-state index contributed by atoms with van der Waals surface area (Å²) in [4.78, 5) is 2.48. The summed E-state index contributed by atoms with van der Waals surface area (Å²) in [6.07, 6.45) is 7.37. The van der Waals surface area contributed by atoms with E-state index in [4.69, 9.17) is 0 Å². The summed E-state index contributed by atoms with van der Waals surface area (Å²) in [6, 6.07) is 49.6. The van der Waals surface area contributed by atoms with Crippen LogP contribution in [-0.2, 0) is 10.8 Å². The second-order valence-electron chi connectivity index (χ2n) is 14.7. The van der Waals surface area contributed by atoms with Gasteiger partial charge in [0.05, 0.1) is 0 Å². The van der Waals surface area contributed by atoms with E-state index in [0.717, 1.165) is 0 Å². The summed E-state index contributed by atoms with van der Waals surface area (Å²) in [5.41, 5.74) is 14.5. The van der Waals surface area contributed by atoms with Gasteiger partial charge in [-0.2, -0.15) is 0 Å². The Kier molecular flexibility index (Phi) is 6.09. The zero-order valence-corrected chi connectivity index (χ0v) is 27.5. The molecule has 2 unspecified atom stereocenters. The summed E-state index contributed by atoms with van der Waals surface area (Å²) >= 11 is 0. The molecule has 0 aromatic heterocycles. The second-order valence-corrected chi connectivity index (χ2v) is 14.7. The molecule has 0 fully saturated rings. The van der Waals surface area contributed by atoms with E-state index in [0.29, 0.717) is 11.8 Å². The fraction of sp³-hybridized carbons (Fsp3) is 0.174. The number of benzene rings is 6. The van der Waals surface area contributed by atoms with Crippen molar-refractivity contribution in [3.63, 3.8) is 0 Å². The lowest BCUT2D eigenvalue weighted by molar-refractivity contribution is 0.392. The molecular weight excluding hydrogens is 567 g/mol. The van der Waals surface area contributed by atoms with Gasteiger partial charge in [-0.05, 0) is 109 Å². The minimum atomic E-state index is -0.0632. The van der Waals surface area contributed by atoms with Crippen LogP contribution in [0.15, 0.2) is 157 Å². The number of nitrogens with zero attached hydrogens (tertiary/aromatic N) is 1. The molecule has 0 heterocycles. The maximum atomic E-state index is 2.55. The molecule has 6 aromatic rings. The molecular formula is C46H39N. The van der Waals surface area contributed by atoms with Crippen molar-refractivity contribution < 1.29 is 0 Å². The average Bonchev–Trinajstić information content (AvgIpc) is 3.47. The molecule has 0 amide bonds. The van der Waals surface area contributed by atoms with Crippen molar-refractivity contribution in [2.75, 3.05) is 4.90 Å². The fourth-order valence-electron chi connectivity index (χ4n) is 8.77. The first-order valence-electron chi connectivity index (χ1n) is 16.9. The Labute approximate surface area is 278 Å². The summed E-state index contributed by atoms with van der Waals surface area (Å²) in [5.74, 6) is 0.777. The molecule has 47 heavy (non-hydrogen) atoms. The van der Waals surface area contributed by atoms with Crippen LogP contribution in [0.5, 0.6) is 0 Å². The summed E-state index contributed by atoms with van der Waals surface area (Å²) in [7, 11) is 0. The maximum absolute atomic E-state index is 2.55. The van der Waals surface area contributed by atoms with Gasteiger partial charge in [0.1, 0.15) is 0 Å². The van der Waals surface area contributed by atoms with Crippen molar-refractivity contribution in [1.29, 1.82) is 0 Å². The Morgan fingerprint density at radius 2 is 1.17 bits per heavy atom.